The molecule has 2 aromatic carbocycles. The third-order valence-corrected chi connectivity index (χ3v) is 7.16. The third-order valence-electron chi connectivity index (χ3n) is 7.16. The van der Waals surface area contributed by atoms with Crippen molar-refractivity contribution in [2.75, 3.05) is 29.9 Å². The number of rotatable bonds is 5. The monoisotopic (exact) mass is 537 g/mol. The van der Waals surface area contributed by atoms with Gasteiger partial charge in [-0.1, -0.05) is 12.1 Å². The summed E-state index contributed by atoms with van der Waals surface area (Å²) in [5.74, 6) is 0.971. The lowest BCUT2D eigenvalue weighted by molar-refractivity contribution is -0.117. The van der Waals surface area contributed by atoms with Crippen LogP contribution in [0.1, 0.15) is 25.7 Å². The normalized spacial score (nSPS) is 17.9. The van der Waals surface area contributed by atoms with Crippen molar-refractivity contribution in [3.05, 3.63) is 60.7 Å². The Kier molecular flexibility index (Phi) is 7.60. The highest BCUT2D eigenvalue weighted by atomic mass is 35.5. The van der Waals surface area contributed by atoms with Gasteiger partial charge >= 0.3 is 0 Å². The van der Waals surface area contributed by atoms with Gasteiger partial charge in [0.1, 0.15) is 23.7 Å². The minimum atomic E-state index is -0.323. The molecule has 2 fully saturated rings. The molecule has 4 heterocycles. The molecule has 0 radical (unpaired) electrons. The molecule has 6 rings (SSSR count). The average molecular weight is 538 g/mol. The van der Waals surface area contributed by atoms with Gasteiger partial charge in [-0.05, 0) is 74.2 Å². The number of fused-ring (bicyclic) bond motifs is 1. The van der Waals surface area contributed by atoms with Gasteiger partial charge < -0.3 is 25.1 Å². The predicted molar refractivity (Wildman–Crippen MR) is 147 cm³/mol. The first-order valence-corrected chi connectivity index (χ1v) is 12.7. The number of aromatic nitrogens is 2. The minimum absolute atomic E-state index is 0. The Labute approximate surface area is 225 Å². The summed E-state index contributed by atoms with van der Waals surface area (Å²) >= 11 is 0. The van der Waals surface area contributed by atoms with E-state index in [1.54, 1.807) is 12.1 Å². The third kappa shape index (κ3) is 5.09. The molecule has 2 saturated heterocycles. The molecule has 0 spiro atoms. The zero-order valence-corrected chi connectivity index (χ0v) is 21.5. The fourth-order valence-electron chi connectivity index (χ4n) is 5.17. The molecular weight excluding hydrogens is 509 g/mol. The fraction of sp³-hybridized carbons (Fsp3) is 0.321. The number of aliphatic hydroxyl groups excluding tert-OH is 1. The molecule has 2 aliphatic rings. The molecule has 38 heavy (non-hydrogen) atoms. The maximum absolute atomic E-state index is 13.8. The number of nitrogens with zero attached hydrogens (tertiary/aromatic N) is 3. The number of benzene rings is 2. The topological polar surface area (TPSA) is 104 Å². The zero-order valence-electron chi connectivity index (χ0n) is 20.7. The highest BCUT2D eigenvalue weighted by Gasteiger charge is 2.27. The summed E-state index contributed by atoms with van der Waals surface area (Å²) in [7, 11) is 0. The van der Waals surface area contributed by atoms with E-state index in [0.717, 1.165) is 47.3 Å². The number of amides is 1. The summed E-state index contributed by atoms with van der Waals surface area (Å²) in [6.07, 6.45) is 4.33. The molecule has 4 aromatic rings. The molecule has 3 N–H and O–H groups in total. The van der Waals surface area contributed by atoms with Gasteiger partial charge in [-0.3, -0.25) is 4.79 Å². The molecule has 1 atom stereocenters. The summed E-state index contributed by atoms with van der Waals surface area (Å²) in [4.78, 5) is 23.6. The molecule has 2 aliphatic heterocycles. The Morgan fingerprint density at radius 1 is 1.03 bits per heavy atom. The second kappa shape index (κ2) is 11.1. The van der Waals surface area contributed by atoms with Gasteiger partial charge in [0.2, 0.25) is 11.6 Å². The molecule has 0 bridgehead atoms. The van der Waals surface area contributed by atoms with Gasteiger partial charge in [0.25, 0.3) is 0 Å². The SMILES string of the molecule is Cl.O=C(Nc1ccc(-c2oc3ncnc(N4CCC(O)CC4)c3c2-c2ccc(F)cc2)cc1)[C@@H]1CCCN1. The first-order valence-electron chi connectivity index (χ1n) is 12.7. The maximum atomic E-state index is 13.8. The summed E-state index contributed by atoms with van der Waals surface area (Å²) in [6, 6.07) is 13.6. The molecule has 0 saturated carbocycles. The molecule has 0 unspecified atom stereocenters. The number of nitrogens with one attached hydrogen (secondary N) is 2. The first-order chi connectivity index (χ1) is 18.1. The van der Waals surface area contributed by atoms with Gasteiger partial charge in [0, 0.05) is 29.9 Å². The van der Waals surface area contributed by atoms with Crippen LogP contribution in [-0.4, -0.2) is 52.8 Å². The molecule has 198 valence electrons. The predicted octanol–water partition coefficient (Wildman–Crippen LogP) is 4.77. The van der Waals surface area contributed by atoms with Crippen LogP contribution in [0.25, 0.3) is 33.6 Å². The molecule has 10 heteroatoms. The first kappa shape index (κ1) is 26.1. The van der Waals surface area contributed by atoms with Crippen LogP contribution in [-0.2, 0) is 4.79 Å². The standard InChI is InChI=1S/C28H28FN5O3.ClH/c29-19-7-3-17(4-8-19)23-24-26(34-14-11-21(35)12-15-34)31-16-32-28(24)37-25(23)18-5-9-20(10-6-18)33-27(36)22-2-1-13-30-22;/h3-10,16,21-22,30,35H,1-2,11-15H2,(H,33,36);1H/t22-;/m0./s1. The van der Waals surface area contributed by atoms with Crippen molar-refractivity contribution in [3.63, 3.8) is 0 Å². The van der Waals surface area contributed by atoms with Crippen LogP contribution >= 0.6 is 12.4 Å². The summed E-state index contributed by atoms with van der Waals surface area (Å²) in [6.45, 7) is 2.19. The van der Waals surface area contributed by atoms with Crippen molar-refractivity contribution in [2.45, 2.75) is 37.8 Å². The lowest BCUT2D eigenvalue weighted by Gasteiger charge is -2.30. The van der Waals surface area contributed by atoms with Crippen molar-refractivity contribution in [3.8, 4) is 22.5 Å². The van der Waals surface area contributed by atoms with E-state index in [-0.39, 0.29) is 36.3 Å². The number of hydrogen-bond acceptors (Lipinski definition) is 7. The Morgan fingerprint density at radius 2 is 1.74 bits per heavy atom. The van der Waals surface area contributed by atoms with E-state index >= 15 is 0 Å². The van der Waals surface area contributed by atoms with Gasteiger partial charge in [0.15, 0.2) is 0 Å². The van der Waals surface area contributed by atoms with Crippen LogP contribution < -0.4 is 15.5 Å². The van der Waals surface area contributed by atoms with E-state index in [1.807, 2.05) is 24.3 Å². The number of halogens is 2. The van der Waals surface area contributed by atoms with Gasteiger partial charge in [0.05, 0.1) is 17.5 Å². The molecule has 1 amide bonds. The Hall–Kier alpha value is -3.53. The van der Waals surface area contributed by atoms with Crippen LogP contribution in [0.2, 0.25) is 0 Å². The number of aliphatic hydroxyl groups is 1. The molecule has 0 aliphatic carbocycles. The van der Waals surface area contributed by atoms with Gasteiger partial charge in [-0.2, -0.15) is 0 Å². The van der Waals surface area contributed by atoms with E-state index in [1.165, 1.54) is 18.5 Å². The van der Waals surface area contributed by atoms with Crippen LogP contribution in [0, 0.1) is 5.82 Å². The number of anilines is 2. The smallest absolute Gasteiger partial charge is 0.241 e. The highest BCUT2D eigenvalue weighted by Crippen LogP contribution is 2.44. The molecular formula is C28H29ClFN5O3. The number of furan rings is 1. The summed E-state index contributed by atoms with van der Waals surface area (Å²) < 4.78 is 20.1. The number of piperidine rings is 1. The number of hydrogen-bond donors (Lipinski definition) is 3. The van der Waals surface area contributed by atoms with Crippen molar-refractivity contribution in [2.24, 2.45) is 0 Å². The summed E-state index contributed by atoms with van der Waals surface area (Å²) in [5, 5.41) is 16.9. The van der Waals surface area contributed by atoms with E-state index in [4.69, 9.17) is 4.42 Å². The van der Waals surface area contributed by atoms with Crippen molar-refractivity contribution in [1.29, 1.82) is 0 Å². The maximum Gasteiger partial charge on any atom is 0.241 e. The fourth-order valence-corrected chi connectivity index (χ4v) is 5.17. The average Bonchev–Trinajstić information content (AvgIpc) is 3.59. The summed E-state index contributed by atoms with van der Waals surface area (Å²) in [5.41, 5.74) is 3.51. The number of carbonyl (C=O) groups excluding carboxylic acids is 1. The number of carbonyl (C=O) groups is 1. The van der Waals surface area contributed by atoms with Gasteiger partial charge in [-0.25, -0.2) is 14.4 Å². The van der Waals surface area contributed by atoms with Crippen molar-refractivity contribution < 1.29 is 18.7 Å². The van der Waals surface area contributed by atoms with Crippen LogP contribution in [0.15, 0.2) is 59.3 Å². The Balaban J connectivity index is 0.00000294. The highest BCUT2D eigenvalue weighted by molar-refractivity contribution is 6.06. The van der Waals surface area contributed by atoms with E-state index in [2.05, 4.69) is 25.5 Å². The Bertz CT molecular complexity index is 1410. The van der Waals surface area contributed by atoms with E-state index in [9.17, 15) is 14.3 Å². The van der Waals surface area contributed by atoms with Crippen LogP contribution in [0.3, 0.4) is 0 Å². The Morgan fingerprint density at radius 3 is 2.42 bits per heavy atom. The van der Waals surface area contributed by atoms with Gasteiger partial charge in [-0.15, -0.1) is 12.4 Å². The van der Waals surface area contributed by atoms with E-state index in [0.29, 0.717) is 43.1 Å². The van der Waals surface area contributed by atoms with E-state index < -0.39 is 0 Å². The lowest BCUT2D eigenvalue weighted by atomic mass is 9.98. The van der Waals surface area contributed by atoms with Crippen molar-refractivity contribution in [1.82, 2.24) is 15.3 Å². The second-order valence-corrected chi connectivity index (χ2v) is 9.62. The molecule has 2 aromatic heterocycles. The van der Waals surface area contributed by atoms with Crippen molar-refractivity contribution >= 4 is 40.9 Å². The largest absolute Gasteiger partial charge is 0.437 e. The zero-order chi connectivity index (χ0) is 25.4. The minimum Gasteiger partial charge on any atom is -0.437 e. The lowest BCUT2D eigenvalue weighted by Crippen LogP contribution is -2.36. The quantitative estimate of drug-likeness (QED) is 0.337. The molecule has 8 nitrogen and oxygen atoms in total. The van der Waals surface area contributed by atoms with Crippen LogP contribution in [0.4, 0.5) is 15.9 Å². The second-order valence-electron chi connectivity index (χ2n) is 9.62. The van der Waals surface area contributed by atoms with Crippen LogP contribution in [0.5, 0.6) is 0 Å².